The molecule has 2 aromatic rings. The van der Waals surface area contributed by atoms with Gasteiger partial charge in [0.2, 0.25) is 11.0 Å². The van der Waals surface area contributed by atoms with E-state index in [1.54, 1.807) is 7.11 Å². The van der Waals surface area contributed by atoms with Crippen molar-refractivity contribution in [1.82, 2.24) is 15.1 Å². The van der Waals surface area contributed by atoms with Crippen molar-refractivity contribution in [1.29, 1.82) is 0 Å². The van der Waals surface area contributed by atoms with Gasteiger partial charge in [-0.3, -0.25) is 4.79 Å². The van der Waals surface area contributed by atoms with Crippen molar-refractivity contribution < 1.29 is 9.53 Å². The Hall–Kier alpha value is -1.64. The van der Waals surface area contributed by atoms with E-state index in [1.165, 1.54) is 28.7 Å². The molecule has 0 aliphatic heterocycles. The number of nitrogens with zero attached hydrogens (tertiary/aromatic N) is 3. The van der Waals surface area contributed by atoms with Crippen LogP contribution in [0.5, 0.6) is 0 Å². The average Bonchev–Trinajstić information content (AvgIpc) is 3.38. The minimum atomic E-state index is 0.167. The van der Waals surface area contributed by atoms with Crippen LogP contribution >= 0.6 is 23.1 Å². The largest absolute Gasteiger partial charge is 0.383 e. The monoisotopic (exact) mass is 378 g/mol. The highest BCUT2D eigenvalue weighted by atomic mass is 32.2. The maximum Gasteiger partial charge on any atom is 0.233 e. The zero-order chi connectivity index (χ0) is 17.5. The fourth-order valence-corrected chi connectivity index (χ4v) is 4.06. The molecule has 1 aromatic carbocycles. The highest BCUT2D eigenvalue weighted by Gasteiger charge is 2.32. The summed E-state index contributed by atoms with van der Waals surface area (Å²) < 4.78 is 5.80. The van der Waals surface area contributed by atoms with E-state index in [9.17, 15) is 4.79 Å². The number of nitrogens with one attached hydrogen (secondary N) is 1. The van der Waals surface area contributed by atoms with Gasteiger partial charge in [-0.05, 0) is 18.4 Å². The molecule has 3 rings (SSSR count). The third kappa shape index (κ3) is 5.69. The maximum atomic E-state index is 12.6. The lowest BCUT2D eigenvalue weighted by molar-refractivity contribution is -0.129. The highest BCUT2D eigenvalue weighted by molar-refractivity contribution is 8.01. The van der Waals surface area contributed by atoms with Crippen LogP contribution < -0.4 is 5.32 Å². The van der Waals surface area contributed by atoms with Gasteiger partial charge in [0.25, 0.3) is 0 Å². The van der Waals surface area contributed by atoms with Gasteiger partial charge in [0.1, 0.15) is 0 Å². The SMILES string of the molecule is COCCNc1nnc(SCC(=O)N(Cc2ccccc2)C2CC2)s1. The third-order valence-electron chi connectivity index (χ3n) is 3.81. The second kappa shape index (κ2) is 9.17. The summed E-state index contributed by atoms with van der Waals surface area (Å²) in [7, 11) is 1.66. The maximum absolute atomic E-state index is 12.6. The minimum absolute atomic E-state index is 0.167. The number of carbonyl (C=O) groups excluding carboxylic acids is 1. The van der Waals surface area contributed by atoms with E-state index in [0.717, 1.165) is 22.3 Å². The Morgan fingerprint density at radius 1 is 1.36 bits per heavy atom. The van der Waals surface area contributed by atoms with Crippen LogP contribution in [0.3, 0.4) is 0 Å². The van der Waals surface area contributed by atoms with Crippen LogP contribution in [-0.4, -0.2) is 53.1 Å². The molecule has 1 saturated carbocycles. The number of anilines is 1. The van der Waals surface area contributed by atoms with Gasteiger partial charge < -0.3 is 15.0 Å². The normalized spacial score (nSPS) is 13.6. The number of ether oxygens (including phenoxy) is 1. The molecule has 0 radical (unpaired) electrons. The quantitative estimate of drug-likeness (QED) is 0.506. The summed E-state index contributed by atoms with van der Waals surface area (Å²) in [5.74, 6) is 0.566. The van der Waals surface area contributed by atoms with Gasteiger partial charge in [-0.25, -0.2) is 0 Å². The highest BCUT2D eigenvalue weighted by Crippen LogP contribution is 2.31. The van der Waals surface area contributed by atoms with E-state index >= 15 is 0 Å². The Morgan fingerprint density at radius 3 is 2.88 bits per heavy atom. The van der Waals surface area contributed by atoms with Crippen molar-refractivity contribution in [2.45, 2.75) is 29.8 Å². The van der Waals surface area contributed by atoms with Crippen LogP contribution in [-0.2, 0) is 16.1 Å². The molecule has 0 unspecified atom stereocenters. The molecule has 1 amide bonds. The van der Waals surface area contributed by atoms with Crippen molar-refractivity contribution in [2.75, 3.05) is 31.3 Å². The first-order chi connectivity index (χ1) is 12.3. The number of carbonyl (C=O) groups is 1. The molecule has 0 saturated heterocycles. The Labute approximate surface area is 156 Å². The molecule has 134 valence electrons. The van der Waals surface area contributed by atoms with Crippen molar-refractivity contribution in [3.05, 3.63) is 35.9 Å². The molecular formula is C17H22N4O2S2. The molecule has 1 aliphatic rings. The summed E-state index contributed by atoms with van der Waals surface area (Å²) in [5, 5.41) is 12.1. The van der Waals surface area contributed by atoms with E-state index in [0.29, 0.717) is 31.5 Å². The molecule has 8 heteroatoms. The molecule has 1 aromatic heterocycles. The van der Waals surface area contributed by atoms with E-state index < -0.39 is 0 Å². The van der Waals surface area contributed by atoms with Crippen LogP contribution in [0.2, 0.25) is 0 Å². The molecule has 6 nitrogen and oxygen atoms in total. The zero-order valence-electron chi connectivity index (χ0n) is 14.2. The Balaban J connectivity index is 1.50. The fraction of sp³-hybridized carbons (Fsp3) is 0.471. The van der Waals surface area contributed by atoms with E-state index in [2.05, 4.69) is 27.6 Å². The Bertz CT molecular complexity index is 676. The second-order valence-corrected chi connectivity index (χ2v) is 8.02. The predicted molar refractivity (Wildman–Crippen MR) is 101 cm³/mol. The molecule has 1 fully saturated rings. The van der Waals surface area contributed by atoms with Gasteiger partial charge in [0, 0.05) is 26.2 Å². The predicted octanol–water partition coefficient (Wildman–Crippen LogP) is 2.88. The number of benzene rings is 1. The molecule has 0 spiro atoms. The summed E-state index contributed by atoms with van der Waals surface area (Å²) in [6.45, 7) is 2.00. The molecule has 1 aliphatic carbocycles. The van der Waals surface area contributed by atoms with Gasteiger partial charge in [-0.1, -0.05) is 53.4 Å². The smallest absolute Gasteiger partial charge is 0.233 e. The zero-order valence-corrected chi connectivity index (χ0v) is 15.8. The summed E-state index contributed by atoms with van der Waals surface area (Å²) in [6, 6.07) is 10.6. The van der Waals surface area contributed by atoms with Gasteiger partial charge in [0.15, 0.2) is 4.34 Å². The molecule has 1 N–H and O–H groups in total. The van der Waals surface area contributed by atoms with E-state index in [4.69, 9.17) is 4.74 Å². The molecule has 0 atom stereocenters. The topological polar surface area (TPSA) is 67.3 Å². The first kappa shape index (κ1) is 18.2. The van der Waals surface area contributed by atoms with Crippen LogP contribution in [0, 0.1) is 0 Å². The second-order valence-electron chi connectivity index (χ2n) is 5.82. The van der Waals surface area contributed by atoms with E-state index in [1.807, 2.05) is 23.1 Å². The fourth-order valence-electron chi connectivity index (χ4n) is 2.39. The van der Waals surface area contributed by atoms with Gasteiger partial charge >= 0.3 is 0 Å². The Morgan fingerprint density at radius 2 is 2.16 bits per heavy atom. The average molecular weight is 379 g/mol. The lowest BCUT2D eigenvalue weighted by Crippen LogP contribution is -2.33. The summed E-state index contributed by atoms with van der Waals surface area (Å²) in [4.78, 5) is 14.7. The van der Waals surface area contributed by atoms with Crippen molar-refractivity contribution in [2.24, 2.45) is 0 Å². The Kier molecular flexibility index (Phi) is 6.66. The van der Waals surface area contributed by atoms with Gasteiger partial charge in [-0.2, -0.15) is 0 Å². The molecule has 0 bridgehead atoms. The van der Waals surface area contributed by atoms with Crippen LogP contribution in [0.25, 0.3) is 0 Å². The van der Waals surface area contributed by atoms with Crippen LogP contribution in [0.1, 0.15) is 18.4 Å². The first-order valence-corrected chi connectivity index (χ1v) is 10.1. The number of hydrogen-bond donors (Lipinski definition) is 1. The summed E-state index contributed by atoms with van der Waals surface area (Å²) in [5.41, 5.74) is 1.17. The lowest BCUT2D eigenvalue weighted by atomic mass is 10.2. The van der Waals surface area contributed by atoms with Gasteiger partial charge in [0.05, 0.1) is 12.4 Å². The van der Waals surface area contributed by atoms with Crippen molar-refractivity contribution in [3.63, 3.8) is 0 Å². The minimum Gasteiger partial charge on any atom is -0.383 e. The first-order valence-electron chi connectivity index (χ1n) is 8.29. The number of methoxy groups -OCH3 is 1. The standard InChI is InChI=1S/C17H22N4O2S2/c1-23-10-9-18-16-19-20-17(25-16)24-12-15(22)21(14-7-8-14)11-13-5-3-2-4-6-13/h2-6,14H,7-12H2,1H3,(H,18,19). The van der Waals surface area contributed by atoms with Gasteiger partial charge in [-0.15, -0.1) is 10.2 Å². The number of rotatable bonds is 10. The van der Waals surface area contributed by atoms with E-state index in [-0.39, 0.29) is 5.91 Å². The number of hydrogen-bond acceptors (Lipinski definition) is 7. The third-order valence-corrected chi connectivity index (χ3v) is 5.81. The van der Waals surface area contributed by atoms with Crippen molar-refractivity contribution in [3.8, 4) is 0 Å². The summed E-state index contributed by atoms with van der Waals surface area (Å²) >= 11 is 2.92. The number of thioether (sulfide) groups is 1. The van der Waals surface area contributed by atoms with Crippen LogP contribution in [0.4, 0.5) is 5.13 Å². The number of amides is 1. The summed E-state index contributed by atoms with van der Waals surface area (Å²) in [6.07, 6.45) is 2.21. The molecule has 1 heterocycles. The van der Waals surface area contributed by atoms with Crippen LogP contribution in [0.15, 0.2) is 34.7 Å². The molecular weight excluding hydrogens is 356 g/mol. The van der Waals surface area contributed by atoms with Crippen molar-refractivity contribution >= 4 is 34.1 Å². The number of aromatic nitrogens is 2. The lowest BCUT2D eigenvalue weighted by Gasteiger charge is -2.22. The molecule has 25 heavy (non-hydrogen) atoms.